The van der Waals surface area contributed by atoms with E-state index < -0.39 is 16.8 Å². The number of carbonyl (C=O) groups excluding carboxylic acids is 1. The smallest absolute Gasteiger partial charge is 0.310 e. The van der Waals surface area contributed by atoms with Crippen LogP contribution < -0.4 is 10.1 Å². The van der Waals surface area contributed by atoms with E-state index in [0.29, 0.717) is 12.0 Å². The minimum Gasteiger partial charge on any atom is -0.497 e. The summed E-state index contributed by atoms with van der Waals surface area (Å²) in [6, 6.07) is 25.9. The van der Waals surface area contributed by atoms with Crippen LogP contribution in [0, 0.1) is 10.8 Å². The molecule has 1 amide bonds. The second kappa shape index (κ2) is 14.2. The Morgan fingerprint density at radius 2 is 1.58 bits per heavy atom. The van der Waals surface area contributed by atoms with E-state index in [0.717, 1.165) is 67.8 Å². The Balaban J connectivity index is 1.35. The molecule has 0 bridgehead atoms. The third kappa shape index (κ3) is 7.30. The maximum Gasteiger partial charge on any atom is 0.310 e. The molecule has 3 aromatic carbocycles. The lowest BCUT2D eigenvalue weighted by Crippen LogP contribution is -2.48. The predicted octanol–water partition coefficient (Wildman–Crippen LogP) is 7.65. The topological polar surface area (TPSA) is 78.9 Å². The number of aliphatic carboxylic acids is 1. The van der Waals surface area contributed by atoms with E-state index in [-0.39, 0.29) is 17.9 Å². The molecule has 0 aromatic heterocycles. The standard InChI is InChI=1S/C37H48N2O4/c1-6-37(35(41)42,36(2,3)4)33(28-13-8-7-9-14-28)17-12-24-39-25-22-29(23-26-39)38-34(40)32-16-11-10-15-31(32)27-18-20-30(43-5)21-19-27/h7-11,13-16,18-21,29,33H,6,12,17,22-26H2,1-5H3,(H,38,40)(H,41,42). The number of nitrogens with zero attached hydrogens (tertiary/aromatic N) is 1. The van der Waals surface area contributed by atoms with Crippen LogP contribution in [0.1, 0.15) is 81.6 Å². The fraction of sp³-hybridized carbons (Fsp3) is 0.459. The van der Waals surface area contributed by atoms with Crippen LogP contribution >= 0.6 is 0 Å². The van der Waals surface area contributed by atoms with Crippen LogP contribution in [0.2, 0.25) is 0 Å². The van der Waals surface area contributed by atoms with Crippen molar-refractivity contribution in [3.8, 4) is 16.9 Å². The molecular formula is C37H48N2O4. The molecule has 43 heavy (non-hydrogen) atoms. The lowest BCUT2D eigenvalue weighted by atomic mass is 9.55. The highest BCUT2D eigenvalue weighted by Gasteiger charge is 2.53. The second-order valence-corrected chi connectivity index (χ2v) is 12.8. The van der Waals surface area contributed by atoms with E-state index >= 15 is 0 Å². The van der Waals surface area contributed by atoms with E-state index in [1.807, 2.05) is 73.7 Å². The molecule has 0 spiro atoms. The van der Waals surface area contributed by atoms with E-state index in [2.05, 4.69) is 43.1 Å². The average molecular weight is 585 g/mol. The molecule has 4 rings (SSSR count). The van der Waals surface area contributed by atoms with E-state index in [1.54, 1.807) is 7.11 Å². The van der Waals surface area contributed by atoms with Gasteiger partial charge in [-0.25, -0.2) is 0 Å². The number of hydrogen-bond donors (Lipinski definition) is 2. The van der Waals surface area contributed by atoms with Crippen molar-refractivity contribution in [2.75, 3.05) is 26.7 Å². The van der Waals surface area contributed by atoms with Gasteiger partial charge in [-0.2, -0.15) is 0 Å². The molecule has 1 heterocycles. The van der Waals surface area contributed by atoms with Crippen LogP contribution in [-0.2, 0) is 4.79 Å². The van der Waals surface area contributed by atoms with Crippen molar-refractivity contribution < 1.29 is 19.4 Å². The molecule has 2 unspecified atom stereocenters. The van der Waals surface area contributed by atoms with Crippen LogP contribution in [0.15, 0.2) is 78.9 Å². The highest BCUT2D eigenvalue weighted by molar-refractivity contribution is 6.01. The van der Waals surface area contributed by atoms with Gasteiger partial charge in [0.2, 0.25) is 0 Å². The summed E-state index contributed by atoms with van der Waals surface area (Å²) in [6.45, 7) is 11.0. The van der Waals surface area contributed by atoms with Gasteiger partial charge in [0.05, 0.1) is 12.5 Å². The van der Waals surface area contributed by atoms with Gasteiger partial charge < -0.3 is 20.1 Å². The van der Waals surface area contributed by atoms with Crippen LogP contribution in [0.3, 0.4) is 0 Å². The third-order valence-corrected chi connectivity index (χ3v) is 9.54. The first-order chi connectivity index (χ1) is 20.6. The number of rotatable bonds is 12. The molecule has 0 saturated carbocycles. The molecule has 3 aromatic rings. The lowest BCUT2D eigenvalue weighted by molar-refractivity contribution is -0.159. The number of ether oxygens (including phenoxy) is 1. The number of likely N-dealkylation sites (tertiary alicyclic amines) is 1. The summed E-state index contributed by atoms with van der Waals surface area (Å²) in [7, 11) is 1.65. The Kier molecular flexibility index (Phi) is 10.7. The van der Waals surface area contributed by atoms with Crippen molar-refractivity contribution in [1.29, 1.82) is 0 Å². The van der Waals surface area contributed by atoms with Gasteiger partial charge in [0.1, 0.15) is 5.75 Å². The molecule has 2 N–H and O–H groups in total. The quantitative estimate of drug-likeness (QED) is 0.229. The van der Waals surface area contributed by atoms with Crippen molar-refractivity contribution in [2.45, 2.75) is 71.8 Å². The van der Waals surface area contributed by atoms with Gasteiger partial charge in [-0.05, 0) is 79.0 Å². The fourth-order valence-corrected chi connectivity index (χ4v) is 7.09. The van der Waals surface area contributed by atoms with Crippen molar-refractivity contribution in [2.24, 2.45) is 10.8 Å². The maximum atomic E-state index is 13.4. The van der Waals surface area contributed by atoms with Gasteiger partial charge >= 0.3 is 5.97 Å². The van der Waals surface area contributed by atoms with Crippen LogP contribution in [-0.4, -0.2) is 54.7 Å². The number of methoxy groups -OCH3 is 1. The molecule has 1 saturated heterocycles. The van der Waals surface area contributed by atoms with Crippen molar-refractivity contribution in [1.82, 2.24) is 10.2 Å². The number of carboxylic acids is 1. The summed E-state index contributed by atoms with van der Waals surface area (Å²) >= 11 is 0. The van der Waals surface area contributed by atoms with E-state index in [4.69, 9.17) is 4.74 Å². The van der Waals surface area contributed by atoms with Gasteiger partial charge in [0.25, 0.3) is 5.91 Å². The number of carbonyl (C=O) groups is 2. The molecule has 0 radical (unpaired) electrons. The second-order valence-electron chi connectivity index (χ2n) is 12.8. The Morgan fingerprint density at radius 3 is 2.16 bits per heavy atom. The van der Waals surface area contributed by atoms with Crippen molar-refractivity contribution >= 4 is 11.9 Å². The summed E-state index contributed by atoms with van der Waals surface area (Å²) in [6.07, 6.45) is 4.12. The summed E-state index contributed by atoms with van der Waals surface area (Å²) < 4.78 is 5.28. The number of amides is 1. The normalized spacial score (nSPS) is 16.7. The minimum absolute atomic E-state index is 0.0395. The SMILES string of the molecule is CCC(C(=O)O)(C(CCCN1CCC(NC(=O)c2ccccc2-c2ccc(OC)cc2)CC1)c1ccccc1)C(C)(C)C. The Bertz CT molecular complexity index is 1340. The summed E-state index contributed by atoms with van der Waals surface area (Å²) in [4.78, 5) is 28.7. The van der Waals surface area contributed by atoms with Gasteiger partial charge in [0, 0.05) is 30.6 Å². The molecule has 6 heteroatoms. The third-order valence-electron chi connectivity index (χ3n) is 9.54. The minimum atomic E-state index is -0.853. The highest BCUT2D eigenvalue weighted by Crippen LogP contribution is 2.53. The Labute approximate surface area is 257 Å². The number of hydrogen-bond acceptors (Lipinski definition) is 4. The largest absolute Gasteiger partial charge is 0.497 e. The van der Waals surface area contributed by atoms with E-state index in [9.17, 15) is 14.7 Å². The maximum absolute atomic E-state index is 13.4. The zero-order valence-electron chi connectivity index (χ0n) is 26.4. The summed E-state index contributed by atoms with van der Waals surface area (Å²) in [5.74, 6) is -0.0311. The highest BCUT2D eigenvalue weighted by atomic mass is 16.5. The van der Waals surface area contributed by atoms with Gasteiger partial charge in [-0.1, -0.05) is 88.4 Å². The van der Waals surface area contributed by atoms with Crippen LogP contribution in [0.4, 0.5) is 0 Å². The fourth-order valence-electron chi connectivity index (χ4n) is 7.09. The number of piperidine rings is 1. The zero-order chi connectivity index (χ0) is 31.0. The number of benzene rings is 3. The van der Waals surface area contributed by atoms with Crippen molar-refractivity contribution in [3.63, 3.8) is 0 Å². The van der Waals surface area contributed by atoms with Crippen LogP contribution in [0.5, 0.6) is 5.75 Å². The first kappa shape index (κ1) is 32.3. The molecule has 1 fully saturated rings. The molecule has 0 aliphatic carbocycles. The molecule has 1 aliphatic rings. The molecule has 230 valence electrons. The molecule has 6 nitrogen and oxygen atoms in total. The Morgan fingerprint density at radius 1 is 0.953 bits per heavy atom. The predicted molar refractivity (Wildman–Crippen MR) is 174 cm³/mol. The Hall–Kier alpha value is -3.64. The van der Waals surface area contributed by atoms with Crippen molar-refractivity contribution in [3.05, 3.63) is 90.0 Å². The number of carboxylic acid groups (broad SMARTS) is 1. The molecular weight excluding hydrogens is 536 g/mol. The van der Waals surface area contributed by atoms with Crippen LogP contribution in [0.25, 0.3) is 11.1 Å². The summed E-state index contributed by atoms with van der Waals surface area (Å²) in [5, 5.41) is 13.9. The van der Waals surface area contributed by atoms with Gasteiger partial charge in [-0.15, -0.1) is 0 Å². The molecule has 2 atom stereocenters. The van der Waals surface area contributed by atoms with Gasteiger partial charge in [-0.3, -0.25) is 9.59 Å². The summed E-state index contributed by atoms with van der Waals surface area (Å²) in [5.41, 5.74) is 2.44. The molecule has 1 aliphatic heterocycles. The number of nitrogens with one attached hydrogen (secondary N) is 1. The first-order valence-electron chi connectivity index (χ1n) is 15.7. The zero-order valence-corrected chi connectivity index (χ0v) is 26.4. The first-order valence-corrected chi connectivity index (χ1v) is 15.7. The van der Waals surface area contributed by atoms with E-state index in [1.165, 1.54) is 0 Å². The average Bonchev–Trinajstić information content (AvgIpc) is 3.01. The monoisotopic (exact) mass is 584 g/mol. The lowest BCUT2D eigenvalue weighted by Gasteiger charge is -2.47. The van der Waals surface area contributed by atoms with Gasteiger partial charge in [0.15, 0.2) is 0 Å².